The van der Waals surface area contributed by atoms with Crippen LogP contribution in [-0.2, 0) is 4.79 Å². The number of amides is 1. The Morgan fingerprint density at radius 2 is 1.93 bits per heavy atom. The number of hydrogen-bond acceptors (Lipinski definition) is 4. The highest BCUT2D eigenvalue weighted by molar-refractivity contribution is 14.0. The van der Waals surface area contributed by atoms with Crippen LogP contribution in [0.2, 0.25) is 0 Å². The van der Waals surface area contributed by atoms with Crippen molar-refractivity contribution in [3.8, 4) is 11.5 Å². The third-order valence-electron chi connectivity index (χ3n) is 4.72. The lowest BCUT2D eigenvalue weighted by Gasteiger charge is -2.14. The van der Waals surface area contributed by atoms with E-state index in [-0.39, 0.29) is 29.9 Å². The molecule has 8 heteroatoms. The van der Waals surface area contributed by atoms with Crippen molar-refractivity contribution >= 4 is 41.5 Å². The quantitative estimate of drug-likeness (QED) is 0.190. The molecule has 0 spiro atoms. The van der Waals surface area contributed by atoms with Crippen molar-refractivity contribution in [2.45, 2.75) is 46.0 Å². The molecule has 2 rings (SSSR count). The van der Waals surface area contributed by atoms with E-state index in [0.717, 1.165) is 12.2 Å². The highest BCUT2D eigenvalue weighted by atomic mass is 127. The Kier molecular flexibility index (Phi) is 12.5. The van der Waals surface area contributed by atoms with Crippen LogP contribution < -0.4 is 25.4 Å². The Morgan fingerprint density at radius 1 is 1.17 bits per heavy atom. The van der Waals surface area contributed by atoms with Crippen LogP contribution in [0.4, 0.5) is 5.69 Å². The second-order valence-corrected chi connectivity index (χ2v) is 6.89. The van der Waals surface area contributed by atoms with Gasteiger partial charge in [0.25, 0.3) is 0 Å². The molecular weight excluding hydrogens is 483 g/mol. The van der Waals surface area contributed by atoms with Gasteiger partial charge in [0.2, 0.25) is 5.91 Å². The fourth-order valence-electron chi connectivity index (χ4n) is 3.38. The predicted molar refractivity (Wildman–Crippen MR) is 129 cm³/mol. The maximum atomic E-state index is 12.0. The molecule has 1 saturated carbocycles. The Labute approximate surface area is 191 Å². The second kappa shape index (κ2) is 14.3. The summed E-state index contributed by atoms with van der Waals surface area (Å²) in [5, 5.41) is 9.44. The maximum Gasteiger partial charge on any atom is 0.220 e. The molecule has 1 aromatic rings. The van der Waals surface area contributed by atoms with Crippen LogP contribution in [0.3, 0.4) is 0 Å². The van der Waals surface area contributed by atoms with Gasteiger partial charge in [-0.3, -0.25) is 9.79 Å². The molecule has 1 aliphatic rings. The molecule has 0 aromatic heterocycles. The third kappa shape index (κ3) is 9.10. The zero-order valence-corrected chi connectivity index (χ0v) is 20.1. The van der Waals surface area contributed by atoms with Crippen LogP contribution in [-0.4, -0.2) is 45.2 Å². The largest absolute Gasteiger partial charge is 0.493 e. The molecule has 0 bridgehead atoms. The Bertz CT molecular complexity index is 649. The van der Waals surface area contributed by atoms with Crippen molar-refractivity contribution in [2.24, 2.45) is 10.9 Å². The van der Waals surface area contributed by atoms with Crippen molar-refractivity contribution in [2.75, 3.05) is 38.7 Å². The van der Waals surface area contributed by atoms with Gasteiger partial charge in [-0.15, -0.1) is 24.0 Å². The normalized spacial score (nSPS) is 14.1. The van der Waals surface area contributed by atoms with Crippen LogP contribution in [0.5, 0.6) is 11.5 Å². The molecular formula is C21H35IN4O3. The highest BCUT2D eigenvalue weighted by Crippen LogP contribution is 2.30. The summed E-state index contributed by atoms with van der Waals surface area (Å²) in [5.41, 5.74) is 0.852. The van der Waals surface area contributed by atoms with E-state index in [9.17, 15) is 4.79 Å². The van der Waals surface area contributed by atoms with E-state index in [1.807, 2.05) is 32.0 Å². The number of halogens is 1. The van der Waals surface area contributed by atoms with Crippen LogP contribution >= 0.6 is 24.0 Å². The van der Waals surface area contributed by atoms with Crippen LogP contribution in [0.1, 0.15) is 46.0 Å². The van der Waals surface area contributed by atoms with Crippen molar-refractivity contribution in [1.82, 2.24) is 10.6 Å². The minimum atomic E-state index is 0. The molecule has 1 aliphatic carbocycles. The van der Waals surface area contributed by atoms with Gasteiger partial charge in [-0.2, -0.15) is 0 Å². The number of carbonyl (C=O) groups is 1. The van der Waals surface area contributed by atoms with Gasteiger partial charge in [0.05, 0.1) is 20.3 Å². The van der Waals surface area contributed by atoms with Gasteiger partial charge in [0.1, 0.15) is 0 Å². The molecule has 0 heterocycles. The smallest absolute Gasteiger partial charge is 0.220 e. The number of nitrogens with zero attached hydrogens (tertiary/aromatic N) is 1. The summed E-state index contributed by atoms with van der Waals surface area (Å²) >= 11 is 0. The van der Waals surface area contributed by atoms with E-state index in [0.29, 0.717) is 49.5 Å². The number of anilines is 1. The van der Waals surface area contributed by atoms with E-state index in [1.165, 1.54) is 25.7 Å². The molecule has 0 radical (unpaired) electrons. The minimum Gasteiger partial charge on any atom is -0.493 e. The van der Waals surface area contributed by atoms with E-state index >= 15 is 0 Å². The van der Waals surface area contributed by atoms with E-state index < -0.39 is 0 Å². The zero-order valence-electron chi connectivity index (χ0n) is 17.8. The van der Waals surface area contributed by atoms with Gasteiger partial charge < -0.3 is 25.4 Å². The van der Waals surface area contributed by atoms with Crippen molar-refractivity contribution in [1.29, 1.82) is 0 Å². The molecule has 0 atom stereocenters. The van der Waals surface area contributed by atoms with E-state index in [2.05, 4.69) is 20.9 Å². The molecule has 1 amide bonds. The fourth-order valence-corrected chi connectivity index (χ4v) is 3.38. The van der Waals surface area contributed by atoms with Gasteiger partial charge in [-0.1, -0.05) is 12.8 Å². The molecule has 0 aliphatic heterocycles. The number of carbonyl (C=O) groups excluding carboxylic acids is 1. The van der Waals surface area contributed by atoms with Crippen molar-refractivity contribution in [3.63, 3.8) is 0 Å². The summed E-state index contributed by atoms with van der Waals surface area (Å²) in [6, 6.07) is 5.67. The van der Waals surface area contributed by atoms with E-state index in [1.54, 1.807) is 7.11 Å². The number of rotatable bonds is 10. The fraction of sp³-hybridized carbons (Fsp3) is 0.619. The number of aliphatic imine (C=N–C) groups is 1. The number of ether oxygens (including phenoxy) is 2. The monoisotopic (exact) mass is 518 g/mol. The second-order valence-electron chi connectivity index (χ2n) is 6.89. The van der Waals surface area contributed by atoms with E-state index in [4.69, 9.17) is 9.47 Å². The topological polar surface area (TPSA) is 84.0 Å². The SMILES string of the molecule is CCNC(=NCCNC(=O)CC1CCCC1)Nc1ccc(OCC)c(OC)c1.I. The summed E-state index contributed by atoms with van der Waals surface area (Å²) in [7, 11) is 1.62. The molecule has 0 unspecified atom stereocenters. The Morgan fingerprint density at radius 3 is 2.59 bits per heavy atom. The maximum absolute atomic E-state index is 12.0. The zero-order chi connectivity index (χ0) is 20.2. The molecule has 1 fully saturated rings. The lowest BCUT2D eigenvalue weighted by molar-refractivity contribution is -0.121. The van der Waals surface area contributed by atoms with Crippen molar-refractivity contribution in [3.05, 3.63) is 18.2 Å². The van der Waals surface area contributed by atoms with Crippen LogP contribution in [0, 0.1) is 5.92 Å². The molecule has 164 valence electrons. The average Bonchev–Trinajstić information content (AvgIpc) is 3.19. The highest BCUT2D eigenvalue weighted by Gasteiger charge is 2.17. The lowest BCUT2D eigenvalue weighted by atomic mass is 10.0. The summed E-state index contributed by atoms with van der Waals surface area (Å²) < 4.78 is 10.9. The minimum absolute atomic E-state index is 0. The van der Waals surface area contributed by atoms with Crippen LogP contribution in [0.25, 0.3) is 0 Å². The molecule has 3 N–H and O–H groups in total. The molecule has 29 heavy (non-hydrogen) atoms. The molecule has 0 saturated heterocycles. The summed E-state index contributed by atoms with van der Waals surface area (Å²) in [6.07, 6.45) is 5.54. The summed E-state index contributed by atoms with van der Waals surface area (Å²) in [4.78, 5) is 16.5. The van der Waals surface area contributed by atoms with Gasteiger partial charge in [-0.05, 0) is 44.7 Å². The Hall–Kier alpha value is -1.71. The molecule has 1 aromatic carbocycles. The average molecular weight is 518 g/mol. The number of nitrogens with one attached hydrogen (secondary N) is 3. The van der Waals surface area contributed by atoms with Gasteiger partial charge in [0.15, 0.2) is 17.5 Å². The first-order valence-corrected chi connectivity index (χ1v) is 10.3. The number of guanidine groups is 1. The lowest BCUT2D eigenvalue weighted by Crippen LogP contribution is -2.32. The number of hydrogen-bond donors (Lipinski definition) is 3. The first-order chi connectivity index (χ1) is 13.7. The predicted octanol–water partition coefficient (Wildman–Crippen LogP) is 3.79. The van der Waals surface area contributed by atoms with Crippen LogP contribution in [0.15, 0.2) is 23.2 Å². The first-order valence-electron chi connectivity index (χ1n) is 10.3. The standard InChI is InChI=1S/C21H34N4O3.HI/c1-4-22-21(24-13-12-23-20(26)14-16-8-6-7-9-16)25-17-10-11-18(28-5-2)19(15-17)27-3;/h10-11,15-16H,4-9,12-14H2,1-3H3,(H,23,26)(H2,22,24,25);1H. The third-order valence-corrected chi connectivity index (χ3v) is 4.72. The van der Waals surface area contributed by atoms with Gasteiger partial charge >= 0.3 is 0 Å². The molecule has 7 nitrogen and oxygen atoms in total. The summed E-state index contributed by atoms with van der Waals surface area (Å²) in [6.45, 7) is 6.33. The van der Waals surface area contributed by atoms with Gasteiger partial charge in [0, 0.05) is 31.3 Å². The van der Waals surface area contributed by atoms with Gasteiger partial charge in [-0.25, -0.2) is 0 Å². The number of benzene rings is 1. The summed E-state index contributed by atoms with van der Waals surface area (Å²) in [5.74, 6) is 2.75. The number of methoxy groups -OCH3 is 1. The Balaban J connectivity index is 0.00000420. The van der Waals surface area contributed by atoms with Crippen molar-refractivity contribution < 1.29 is 14.3 Å². The first kappa shape index (κ1) is 25.3.